The van der Waals surface area contributed by atoms with Crippen molar-refractivity contribution in [1.82, 2.24) is 9.55 Å². The fourth-order valence-corrected chi connectivity index (χ4v) is 2.33. The lowest BCUT2D eigenvalue weighted by Gasteiger charge is -2.06. The van der Waals surface area contributed by atoms with Crippen LogP contribution in [0.3, 0.4) is 0 Å². The number of nitrogens with zero attached hydrogens (tertiary/aromatic N) is 2. The van der Waals surface area contributed by atoms with Crippen LogP contribution in [0.25, 0.3) is 10.9 Å². The van der Waals surface area contributed by atoms with Crippen LogP contribution in [0, 0.1) is 0 Å². The van der Waals surface area contributed by atoms with Gasteiger partial charge >= 0.3 is 5.97 Å². The molecule has 1 aromatic carbocycles. The van der Waals surface area contributed by atoms with Gasteiger partial charge in [-0.2, -0.15) is 0 Å². The highest BCUT2D eigenvalue weighted by Crippen LogP contribution is 2.16. The van der Waals surface area contributed by atoms with E-state index >= 15 is 0 Å². The highest BCUT2D eigenvalue weighted by atomic mass is 16.5. The Morgan fingerprint density at radius 1 is 1.44 bits per heavy atom. The van der Waals surface area contributed by atoms with Crippen molar-refractivity contribution in [1.29, 1.82) is 0 Å². The van der Waals surface area contributed by atoms with Crippen molar-refractivity contribution in [2.45, 2.75) is 19.4 Å². The van der Waals surface area contributed by atoms with E-state index in [9.17, 15) is 9.59 Å². The monoisotopic (exact) mass is 244 g/mol. The van der Waals surface area contributed by atoms with Crippen LogP contribution in [0.15, 0.2) is 23.0 Å². The second-order valence-corrected chi connectivity index (χ2v) is 4.31. The maximum atomic E-state index is 12.3. The molecule has 0 radical (unpaired) electrons. The standard InChI is InChI=1S/C13H12N2O3/c1-18-13(17)8-4-5-10-9(7-8)12(16)15-6-2-3-11(15)14-10/h4-5,7H,2-3,6H2,1H3. The molecule has 0 spiro atoms. The fourth-order valence-electron chi connectivity index (χ4n) is 2.33. The number of hydrogen-bond acceptors (Lipinski definition) is 4. The molecule has 0 fully saturated rings. The predicted molar refractivity (Wildman–Crippen MR) is 65.7 cm³/mol. The molecule has 0 amide bonds. The molecule has 92 valence electrons. The Labute approximate surface area is 103 Å². The average Bonchev–Trinajstić information content (AvgIpc) is 2.86. The molecule has 0 bridgehead atoms. The van der Waals surface area contributed by atoms with E-state index in [-0.39, 0.29) is 5.56 Å². The van der Waals surface area contributed by atoms with Crippen molar-refractivity contribution in [3.8, 4) is 0 Å². The fraction of sp³-hybridized carbons (Fsp3) is 0.308. The minimum absolute atomic E-state index is 0.0711. The molecule has 0 saturated carbocycles. The summed E-state index contributed by atoms with van der Waals surface area (Å²) in [6.07, 6.45) is 1.78. The molecule has 1 aliphatic heterocycles. The summed E-state index contributed by atoms with van der Waals surface area (Å²) in [6, 6.07) is 4.89. The Bertz CT molecular complexity index is 703. The second-order valence-electron chi connectivity index (χ2n) is 4.31. The molecule has 2 aromatic rings. The van der Waals surface area contributed by atoms with Crippen LogP contribution in [-0.4, -0.2) is 22.6 Å². The van der Waals surface area contributed by atoms with Gasteiger partial charge in [0.05, 0.1) is 23.6 Å². The third-order valence-electron chi connectivity index (χ3n) is 3.24. The van der Waals surface area contributed by atoms with Crippen LogP contribution in [0.2, 0.25) is 0 Å². The number of ether oxygens (including phenoxy) is 1. The van der Waals surface area contributed by atoms with E-state index in [4.69, 9.17) is 0 Å². The first-order chi connectivity index (χ1) is 8.70. The van der Waals surface area contributed by atoms with Gasteiger partial charge in [0.1, 0.15) is 5.82 Å². The quantitative estimate of drug-likeness (QED) is 0.705. The molecule has 3 rings (SSSR count). The number of benzene rings is 1. The summed E-state index contributed by atoms with van der Waals surface area (Å²) >= 11 is 0. The van der Waals surface area contributed by atoms with Gasteiger partial charge in [-0.15, -0.1) is 0 Å². The number of hydrogen-bond donors (Lipinski definition) is 0. The third kappa shape index (κ3) is 1.51. The van der Waals surface area contributed by atoms with Crippen LogP contribution in [0.4, 0.5) is 0 Å². The van der Waals surface area contributed by atoms with Gasteiger partial charge in [0.25, 0.3) is 5.56 Å². The normalized spacial score (nSPS) is 13.6. The summed E-state index contributed by atoms with van der Waals surface area (Å²) in [4.78, 5) is 28.2. The molecule has 1 aliphatic rings. The molecular formula is C13H12N2O3. The molecular weight excluding hydrogens is 232 g/mol. The molecule has 0 atom stereocenters. The Morgan fingerprint density at radius 2 is 2.28 bits per heavy atom. The van der Waals surface area contributed by atoms with Gasteiger partial charge in [0, 0.05) is 13.0 Å². The zero-order valence-corrected chi connectivity index (χ0v) is 9.97. The number of aryl methyl sites for hydroxylation is 1. The van der Waals surface area contributed by atoms with Gasteiger partial charge in [-0.3, -0.25) is 9.36 Å². The van der Waals surface area contributed by atoms with Gasteiger partial charge in [-0.05, 0) is 24.6 Å². The van der Waals surface area contributed by atoms with E-state index in [2.05, 4.69) is 9.72 Å². The van der Waals surface area contributed by atoms with E-state index in [1.807, 2.05) is 0 Å². The van der Waals surface area contributed by atoms with Crippen molar-refractivity contribution in [2.24, 2.45) is 0 Å². The van der Waals surface area contributed by atoms with Crippen LogP contribution in [0.5, 0.6) is 0 Å². The van der Waals surface area contributed by atoms with Crippen molar-refractivity contribution in [3.63, 3.8) is 0 Å². The van der Waals surface area contributed by atoms with Gasteiger partial charge in [0.15, 0.2) is 0 Å². The van der Waals surface area contributed by atoms with Crippen LogP contribution < -0.4 is 5.56 Å². The minimum Gasteiger partial charge on any atom is -0.465 e. The predicted octanol–water partition coefficient (Wildman–Crippen LogP) is 1.13. The second kappa shape index (κ2) is 3.94. The molecule has 18 heavy (non-hydrogen) atoms. The van der Waals surface area contributed by atoms with Crippen LogP contribution in [0.1, 0.15) is 22.6 Å². The maximum Gasteiger partial charge on any atom is 0.337 e. The van der Waals surface area contributed by atoms with Gasteiger partial charge in [-0.25, -0.2) is 9.78 Å². The molecule has 5 nitrogen and oxygen atoms in total. The van der Waals surface area contributed by atoms with Crippen molar-refractivity contribution in [2.75, 3.05) is 7.11 Å². The SMILES string of the molecule is COC(=O)c1ccc2nc3n(c(=O)c2c1)CCC3. The van der Waals surface area contributed by atoms with Gasteiger partial charge in [0.2, 0.25) is 0 Å². The van der Waals surface area contributed by atoms with E-state index in [0.717, 1.165) is 18.7 Å². The zero-order chi connectivity index (χ0) is 12.7. The minimum atomic E-state index is -0.443. The first-order valence-electron chi connectivity index (χ1n) is 5.82. The highest BCUT2D eigenvalue weighted by molar-refractivity contribution is 5.94. The number of carbonyl (C=O) groups excluding carboxylic acids is 1. The molecule has 5 heteroatoms. The number of carbonyl (C=O) groups is 1. The largest absolute Gasteiger partial charge is 0.465 e. The number of methoxy groups -OCH3 is 1. The third-order valence-corrected chi connectivity index (χ3v) is 3.24. The average molecular weight is 244 g/mol. The lowest BCUT2D eigenvalue weighted by molar-refractivity contribution is 0.0601. The molecule has 0 aliphatic carbocycles. The van der Waals surface area contributed by atoms with Crippen LogP contribution >= 0.6 is 0 Å². The molecule has 0 N–H and O–H groups in total. The summed E-state index contributed by atoms with van der Waals surface area (Å²) in [5.74, 6) is 0.389. The van der Waals surface area contributed by atoms with E-state index in [1.54, 1.807) is 22.8 Å². The summed E-state index contributed by atoms with van der Waals surface area (Å²) in [7, 11) is 1.32. The summed E-state index contributed by atoms with van der Waals surface area (Å²) in [5.41, 5.74) is 0.946. The molecule has 1 aromatic heterocycles. The molecule has 0 saturated heterocycles. The number of fused-ring (bicyclic) bond motifs is 2. The lowest BCUT2D eigenvalue weighted by atomic mass is 10.1. The first kappa shape index (κ1) is 11.0. The highest BCUT2D eigenvalue weighted by Gasteiger charge is 2.17. The van der Waals surface area contributed by atoms with Crippen molar-refractivity contribution < 1.29 is 9.53 Å². The van der Waals surface area contributed by atoms with E-state index < -0.39 is 5.97 Å². The number of rotatable bonds is 1. The number of esters is 1. The van der Waals surface area contributed by atoms with Crippen molar-refractivity contribution in [3.05, 3.63) is 39.9 Å². The van der Waals surface area contributed by atoms with Gasteiger partial charge in [-0.1, -0.05) is 0 Å². The maximum absolute atomic E-state index is 12.3. The Kier molecular flexibility index (Phi) is 2.40. The molecule has 2 heterocycles. The Hall–Kier alpha value is -2.17. The first-order valence-corrected chi connectivity index (χ1v) is 5.82. The topological polar surface area (TPSA) is 61.2 Å². The van der Waals surface area contributed by atoms with Gasteiger partial charge < -0.3 is 4.74 Å². The Morgan fingerprint density at radius 3 is 3.06 bits per heavy atom. The smallest absolute Gasteiger partial charge is 0.337 e. The van der Waals surface area contributed by atoms with E-state index in [1.165, 1.54) is 7.11 Å². The Balaban J connectivity index is 2.28. The molecule has 0 unspecified atom stereocenters. The van der Waals surface area contributed by atoms with E-state index in [0.29, 0.717) is 23.0 Å². The summed E-state index contributed by atoms with van der Waals surface area (Å²) in [6.45, 7) is 0.708. The van der Waals surface area contributed by atoms with Crippen LogP contribution in [-0.2, 0) is 17.7 Å². The lowest BCUT2D eigenvalue weighted by Crippen LogP contribution is -2.21. The van der Waals surface area contributed by atoms with Crippen molar-refractivity contribution >= 4 is 16.9 Å². The zero-order valence-electron chi connectivity index (χ0n) is 9.97. The summed E-state index contributed by atoms with van der Waals surface area (Å²) in [5, 5.41) is 0.476. The number of aromatic nitrogens is 2. The summed E-state index contributed by atoms with van der Waals surface area (Å²) < 4.78 is 6.33.